The predicted molar refractivity (Wildman–Crippen MR) is 111 cm³/mol. The molecule has 2 rings (SSSR count). The summed E-state index contributed by atoms with van der Waals surface area (Å²) in [4.78, 5) is 14.5. The lowest BCUT2D eigenvalue weighted by molar-refractivity contribution is -0.131. The molecule has 5 nitrogen and oxygen atoms in total. The number of anilines is 1. The molecule has 1 amide bonds. The number of aryl methyl sites for hydroxylation is 2. The Kier molecular flexibility index (Phi) is 6.54. The van der Waals surface area contributed by atoms with Gasteiger partial charge in [0.05, 0.1) is 11.9 Å². The molecule has 7 heteroatoms. The van der Waals surface area contributed by atoms with E-state index in [1.54, 1.807) is 32.2 Å². The maximum absolute atomic E-state index is 13.0. The van der Waals surface area contributed by atoms with Crippen molar-refractivity contribution >= 4 is 33.2 Å². The molecule has 0 spiro atoms. The van der Waals surface area contributed by atoms with Crippen LogP contribution in [0.3, 0.4) is 0 Å². The number of hydrogen-bond acceptors (Lipinski definition) is 3. The zero-order chi connectivity index (χ0) is 20.4. The smallest absolute Gasteiger partial charge is 0.246 e. The molecule has 0 aromatic heterocycles. The monoisotopic (exact) mass is 408 g/mol. The molecule has 1 unspecified atom stereocenters. The first-order chi connectivity index (χ1) is 12.5. The van der Waals surface area contributed by atoms with Gasteiger partial charge in [-0.25, -0.2) is 8.42 Å². The molecule has 0 heterocycles. The third-order valence-corrected chi connectivity index (χ3v) is 5.86. The van der Waals surface area contributed by atoms with Crippen LogP contribution in [-0.2, 0) is 21.4 Å². The molecule has 0 N–H and O–H groups in total. The van der Waals surface area contributed by atoms with Crippen LogP contribution in [0, 0.1) is 13.8 Å². The second kappa shape index (κ2) is 8.31. The Morgan fingerprint density at radius 1 is 1.11 bits per heavy atom. The Morgan fingerprint density at radius 3 is 2.26 bits per heavy atom. The first kappa shape index (κ1) is 21.3. The topological polar surface area (TPSA) is 57.7 Å². The molecule has 0 fully saturated rings. The predicted octanol–water partition coefficient (Wildman–Crippen LogP) is 3.77. The number of carbonyl (C=O) groups is 1. The van der Waals surface area contributed by atoms with Gasteiger partial charge < -0.3 is 4.90 Å². The van der Waals surface area contributed by atoms with E-state index in [-0.39, 0.29) is 5.91 Å². The summed E-state index contributed by atoms with van der Waals surface area (Å²) in [5.41, 5.74) is 3.17. The van der Waals surface area contributed by atoms with E-state index in [4.69, 9.17) is 11.6 Å². The van der Waals surface area contributed by atoms with Crippen LogP contribution >= 0.6 is 11.6 Å². The van der Waals surface area contributed by atoms with Crippen LogP contribution < -0.4 is 4.31 Å². The molecule has 0 radical (unpaired) electrons. The molecule has 0 bridgehead atoms. The van der Waals surface area contributed by atoms with Crippen LogP contribution in [0.25, 0.3) is 0 Å². The number of amides is 1. The Balaban J connectivity index is 2.31. The zero-order valence-corrected chi connectivity index (χ0v) is 17.8. The Hall–Kier alpha value is -2.05. The highest BCUT2D eigenvalue weighted by atomic mass is 35.5. The van der Waals surface area contributed by atoms with Crippen LogP contribution in [0.15, 0.2) is 42.5 Å². The van der Waals surface area contributed by atoms with Gasteiger partial charge in [-0.3, -0.25) is 9.10 Å². The van der Waals surface area contributed by atoms with Crippen molar-refractivity contribution < 1.29 is 13.2 Å². The summed E-state index contributed by atoms with van der Waals surface area (Å²) >= 11 is 5.89. The van der Waals surface area contributed by atoms with E-state index in [0.717, 1.165) is 22.9 Å². The van der Waals surface area contributed by atoms with Crippen molar-refractivity contribution in [3.8, 4) is 0 Å². The Bertz CT molecular complexity index is 927. The van der Waals surface area contributed by atoms with Gasteiger partial charge in [0, 0.05) is 18.6 Å². The average molecular weight is 409 g/mol. The van der Waals surface area contributed by atoms with Crippen molar-refractivity contribution in [1.82, 2.24) is 4.90 Å². The summed E-state index contributed by atoms with van der Waals surface area (Å²) in [5.74, 6) is -0.281. The fraction of sp³-hybridized carbons (Fsp3) is 0.350. The summed E-state index contributed by atoms with van der Waals surface area (Å²) in [6, 6.07) is 11.9. The second-order valence-corrected chi connectivity index (χ2v) is 9.14. The highest BCUT2D eigenvalue weighted by Gasteiger charge is 2.31. The minimum absolute atomic E-state index is 0.281. The van der Waals surface area contributed by atoms with Crippen molar-refractivity contribution in [2.24, 2.45) is 0 Å². The normalized spacial score (nSPS) is 12.5. The third-order valence-electron chi connectivity index (χ3n) is 4.38. The molecule has 2 aromatic carbocycles. The highest BCUT2D eigenvalue weighted by Crippen LogP contribution is 2.27. The first-order valence-corrected chi connectivity index (χ1v) is 10.8. The number of halogens is 1. The molecule has 0 aliphatic carbocycles. The summed E-state index contributed by atoms with van der Waals surface area (Å²) in [6.45, 7) is 5.71. The van der Waals surface area contributed by atoms with Crippen molar-refractivity contribution in [2.45, 2.75) is 33.4 Å². The number of hydrogen-bond donors (Lipinski definition) is 0. The lowest BCUT2D eigenvalue weighted by Crippen LogP contribution is -2.48. The number of likely N-dealkylation sites (N-methyl/N-ethyl adjacent to an activating group) is 1. The van der Waals surface area contributed by atoms with Gasteiger partial charge in [-0.05, 0) is 55.7 Å². The van der Waals surface area contributed by atoms with E-state index < -0.39 is 16.1 Å². The first-order valence-electron chi connectivity index (χ1n) is 8.57. The highest BCUT2D eigenvalue weighted by molar-refractivity contribution is 7.92. The number of nitrogens with zero attached hydrogens (tertiary/aromatic N) is 2. The van der Waals surface area contributed by atoms with E-state index in [0.29, 0.717) is 17.3 Å². The summed E-state index contributed by atoms with van der Waals surface area (Å²) in [5, 5.41) is 0.624. The van der Waals surface area contributed by atoms with Crippen LogP contribution in [0.2, 0.25) is 5.02 Å². The van der Waals surface area contributed by atoms with Gasteiger partial charge in [-0.2, -0.15) is 0 Å². The van der Waals surface area contributed by atoms with Gasteiger partial charge >= 0.3 is 0 Å². The molecule has 0 saturated carbocycles. The molecular formula is C20H25ClN2O3S. The van der Waals surface area contributed by atoms with Crippen LogP contribution in [0.5, 0.6) is 0 Å². The van der Waals surface area contributed by atoms with Crippen molar-refractivity contribution in [1.29, 1.82) is 0 Å². The maximum atomic E-state index is 13.0. The van der Waals surface area contributed by atoms with E-state index in [1.165, 1.54) is 9.21 Å². The molecule has 0 aliphatic rings. The fourth-order valence-electron chi connectivity index (χ4n) is 2.99. The SMILES string of the molecule is Cc1ccc(C)c(N(C(C)C(=O)N(C)Cc2ccc(Cl)cc2)S(C)(=O)=O)c1. The quantitative estimate of drug-likeness (QED) is 0.731. The van der Waals surface area contributed by atoms with Crippen LogP contribution in [0.1, 0.15) is 23.6 Å². The molecule has 0 aliphatic heterocycles. The second-order valence-electron chi connectivity index (χ2n) is 6.85. The molecule has 1 atom stereocenters. The Labute approximate surface area is 166 Å². The zero-order valence-electron chi connectivity index (χ0n) is 16.2. The molecular weight excluding hydrogens is 384 g/mol. The molecule has 0 saturated heterocycles. The van der Waals surface area contributed by atoms with Gasteiger partial charge in [-0.15, -0.1) is 0 Å². The number of benzene rings is 2. The van der Waals surface area contributed by atoms with Crippen molar-refractivity contribution in [3.05, 3.63) is 64.2 Å². The maximum Gasteiger partial charge on any atom is 0.246 e. The van der Waals surface area contributed by atoms with Crippen LogP contribution in [0.4, 0.5) is 5.69 Å². The lowest BCUT2D eigenvalue weighted by Gasteiger charge is -2.32. The summed E-state index contributed by atoms with van der Waals surface area (Å²) in [7, 11) is -1.98. The minimum Gasteiger partial charge on any atom is -0.340 e. The average Bonchev–Trinajstić information content (AvgIpc) is 2.58. The van der Waals surface area contributed by atoms with Crippen molar-refractivity contribution in [2.75, 3.05) is 17.6 Å². The van der Waals surface area contributed by atoms with E-state index in [2.05, 4.69) is 0 Å². The van der Waals surface area contributed by atoms with Crippen molar-refractivity contribution in [3.63, 3.8) is 0 Å². The van der Waals surface area contributed by atoms with Gasteiger partial charge in [0.25, 0.3) is 0 Å². The van der Waals surface area contributed by atoms with E-state index >= 15 is 0 Å². The fourth-order valence-corrected chi connectivity index (χ4v) is 4.34. The minimum atomic E-state index is -3.65. The number of carbonyl (C=O) groups excluding carboxylic acids is 1. The van der Waals surface area contributed by atoms with Gasteiger partial charge in [0.1, 0.15) is 6.04 Å². The van der Waals surface area contributed by atoms with E-state index in [1.807, 2.05) is 38.1 Å². The van der Waals surface area contributed by atoms with Gasteiger partial charge in [0.15, 0.2) is 0 Å². The van der Waals surface area contributed by atoms with E-state index in [9.17, 15) is 13.2 Å². The lowest BCUT2D eigenvalue weighted by atomic mass is 10.1. The standard InChI is InChI=1S/C20H25ClN2O3S/c1-14-6-7-15(2)19(12-14)23(27(5,25)26)16(3)20(24)22(4)13-17-8-10-18(21)11-9-17/h6-12,16H,13H2,1-5H3. The summed E-state index contributed by atoms with van der Waals surface area (Å²) in [6.07, 6.45) is 1.12. The molecule has 146 valence electrons. The number of sulfonamides is 1. The van der Waals surface area contributed by atoms with Crippen LogP contribution in [-0.4, -0.2) is 38.6 Å². The molecule has 27 heavy (non-hydrogen) atoms. The van der Waals surface area contributed by atoms with Gasteiger partial charge in [-0.1, -0.05) is 35.9 Å². The largest absolute Gasteiger partial charge is 0.340 e. The third kappa shape index (κ3) is 5.23. The number of rotatable bonds is 6. The van der Waals surface area contributed by atoms with Gasteiger partial charge in [0.2, 0.25) is 15.9 Å². The summed E-state index contributed by atoms with van der Waals surface area (Å²) < 4.78 is 26.2. The molecule has 2 aromatic rings. The Morgan fingerprint density at radius 2 is 1.70 bits per heavy atom.